The molecule has 0 fully saturated rings. The molecule has 0 radical (unpaired) electrons. The van der Waals surface area contributed by atoms with Crippen molar-refractivity contribution in [3.05, 3.63) is 30.0 Å². The van der Waals surface area contributed by atoms with Crippen molar-refractivity contribution in [1.82, 2.24) is 14.0 Å². The average molecular weight is 200 g/mol. The van der Waals surface area contributed by atoms with Crippen LogP contribution in [-0.2, 0) is 7.05 Å². The molecule has 4 heteroatoms. The van der Waals surface area contributed by atoms with Gasteiger partial charge in [0.1, 0.15) is 22.6 Å². The number of rotatable bonds is 0. The number of nitrogens with zero attached hydrogens (tertiary/aromatic N) is 3. The number of imidazole rings is 1. The zero-order chi connectivity index (χ0) is 10.6. The first kappa shape index (κ1) is 8.35. The lowest BCUT2D eigenvalue weighted by molar-refractivity contribution is 0.944. The Morgan fingerprint density at radius 1 is 1.33 bits per heavy atom. The minimum Gasteiger partial charge on any atom is -0.385 e. The summed E-state index contributed by atoms with van der Waals surface area (Å²) < 4.78 is 4.03. The second kappa shape index (κ2) is 2.53. The molecule has 3 aromatic rings. The summed E-state index contributed by atoms with van der Waals surface area (Å²) in [5.74, 6) is 0.783. The van der Waals surface area contributed by atoms with Gasteiger partial charge in [-0.1, -0.05) is 6.07 Å². The monoisotopic (exact) mass is 200 g/mol. The van der Waals surface area contributed by atoms with Crippen LogP contribution in [0.3, 0.4) is 0 Å². The highest BCUT2D eigenvalue weighted by Crippen LogP contribution is 2.26. The van der Waals surface area contributed by atoms with Crippen LogP contribution in [-0.4, -0.2) is 14.0 Å². The van der Waals surface area contributed by atoms with Crippen LogP contribution in [0.5, 0.6) is 0 Å². The maximum atomic E-state index is 5.96. The highest BCUT2D eigenvalue weighted by atomic mass is 15.2. The molecule has 76 valence electrons. The van der Waals surface area contributed by atoms with Gasteiger partial charge < -0.3 is 10.3 Å². The minimum atomic E-state index is 0.783. The zero-order valence-electron chi connectivity index (χ0n) is 8.73. The Morgan fingerprint density at radius 3 is 2.93 bits per heavy atom. The van der Waals surface area contributed by atoms with Crippen LogP contribution in [0, 0.1) is 6.92 Å². The van der Waals surface area contributed by atoms with Gasteiger partial charge in [0.25, 0.3) is 0 Å². The molecule has 2 N–H and O–H groups in total. The smallest absolute Gasteiger partial charge is 0.146 e. The van der Waals surface area contributed by atoms with Crippen molar-refractivity contribution in [3.63, 3.8) is 0 Å². The highest BCUT2D eigenvalue weighted by Gasteiger charge is 2.14. The number of aryl methyl sites for hydroxylation is 2. The topological polar surface area (TPSA) is 48.2 Å². The van der Waals surface area contributed by atoms with Gasteiger partial charge in [0, 0.05) is 18.8 Å². The van der Waals surface area contributed by atoms with Crippen molar-refractivity contribution in [3.8, 4) is 0 Å². The number of nitrogens with two attached hydrogens (primary N) is 1. The van der Waals surface area contributed by atoms with Gasteiger partial charge in [-0.3, -0.25) is 4.40 Å². The van der Waals surface area contributed by atoms with E-state index in [1.165, 1.54) is 0 Å². The lowest BCUT2D eigenvalue weighted by atomic mass is 10.3. The average Bonchev–Trinajstić information content (AvgIpc) is 2.72. The summed E-state index contributed by atoms with van der Waals surface area (Å²) in [7, 11) is 1.96. The summed E-state index contributed by atoms with van der Waals surface area (Å²) in [4.78, 5) is 4.56. The number of anilines is 1. The SMILES string of the molecule is Cc1c(N)n(C)c2c1nc1ccccn12. The van der Waals surface area contributed by atoms with Crippen molar-refractivity contribution in [2.24, 2.45) is 7.05 Å². The number of hydrogen-bond donors (Lipinski definition) is 1. The number of hydrogen-bond acceptors (Lipinski definition) is 2. The molecule has 0 saturated heterocycles. The molecule has 3 heterocycles. The van der Waals surface area contributed by atoms with E-state index >= 15 is 0 Å². The summed E-state index contributed by atoms with van der Waals surface area (Å²) in [6.07, 6.45) is 2.00. The first-order valence-corrected chi connectivity index (χ1v) is 4.87. The lowest BCUT2D eigenvalue weighted by Gasteiger charge is -2.00. The first-order chi connectivity index (χ1) is 7.20. The second-order valence-corrected chi connectivity index (χ2v) is 3.78. The summed E-state index contributed by atoms with van der Waals surface area (Å²) in [6, 6.07) is 5.97. The Balaban J connectivity index is 2.65. The predicted octanol–water partition coefficient (Wildman–Crippen LogP) is 1.72. The molecule has 0 aromatic carbocycles. The molecule has 0 aliphatic rings. The van der Waals surface area contributed by atoms with Crippen LogP contribution in [0.25, 0.3) is 16.8 Å². The number of aromatic nitrogens is 3. The molecule has 0 bridgehead atoms. The highest BCUT2D eigenvalue weighted by molar-refractivity contribution is 5.86. The van der Waals surface area contributed by atoms with Crippen molar-refractivity contribution in [2.45, 2.75) is 6.92 Å². The predicted molar refractivity (Wildman–Crippen MR) is 60.8 cm³/mol. The molecule has 0 aliphatic carbocycles. The van der Waals surface area contributed by atoms with E-state index in [4.69, 9.17) is 5.73 Å². The Labute approximate surface area is 86.9 Å². The van der Waals surface area contributed by atoms with E-state index in [0.717, 1.165) is 28.2 Å². The van der Waals surface area contributed by atoms with E-state index in [-0.39, 0.29) is 0 Å². The molecule has 4 nitrogen and oxygen atoms in total. The fourth-order valence-electron chi connectivity index (χ4n) is 2.04. The summed E-state index contributed by atoms with van der Waals surface area (Å²) in [5.41, 5.74) is 10.0. The Hall–Kier alpha value is -1.97. The van der Waals surface area contributed by atoms with Gasteiger partial charge in [-0.25, -0.2) is 4.98 Å². The molecule has 0 atom stereocenters. The van der Waals surface area contributed by atoms with Gasteiger partial charge in [0.2, 0.25) is 0 Å². The molecule has 0 amide bonds. The Kier molecular flexibility index (Phi) is 1.41. The van der Waals surface area contributed by atoms with Gasteiger partial charge in [-0.15, -0.1) is 0 Å². The number of pyridine rings is 1. The fourth-order valence-corrected chi connectivity index (χ4v) is 2.04. The van der Waals surface area contributed by atoms with Crippen molar-refractivity contribution in [2.75, 3.05) is 5.73 Å². The third-order valence-electron chi connectivity index (χ3n) is 2.92. The van der Waals surface area contributed by atoms with E-state index in [2.05, 4.69) is 9.38 Å². The lowest BCUT2D eigenvalue weighted by Crippen LogP contribution is -1.99. The van der Waals surface area contributed by atoms with Gasteiger partial charge in [-0.2, -0.15) is 0 Å². The van der Waals surface area contributed by atoms with E-state index in [0.29, 0.717) is 0 Å². The fraction of sp³-hybridized carbons (Fsp3) is 0.182. The zero-order valence-corrected chi connectivity index (χ0v) is 8.73. The summed E-state index contributed by atoms with van der Waals surface area (Å²) in [6.45, 7) is 2.00. The Bertz CT molecular complexity index is 660. The quantitative estimate of drug-likeness (QED) is 0.600. The molecular weight excluding hydrogens is 188 g/mol. The van der Waals surface area contributed by atoms with Gasteiger partial charge in [0.15, 0.2) is 0 Å². The number of nitrogen functional groups attached to an aromatic ring is 1. The molecular formula is C11H12N4. The van der Waals surface area contributed by atoms with Crippen LogP contribution in [0.2, 0.25) is 0 Å². The van der Waals surface area contributed by atoms with Crippen molar-refractivity contribution in [1.29, 1.82) is 0 Å². The van der Waals surface area contributed by atoms with E-state index in [9.17, 15) is 0 Å². The van der Waals surface area contributed by atoms with Crippen LogP contribution in [0.1, 0.15) is 5.56 Å². The molecule has 3 aromatic heterocycles. The van der Waals surface area contributed by atoms with Crippen LogP contribution < -0.4 is 5.73 Å². The van der Waals surface area contributed by atoms with Gasteiger partial charge >= 0.3 is 0 Å². The first-order valence-electron chi connectivity index (χ1n) is 4.87. The third kappa shape index (κ3) is 0.883. The van der Waals surface area contributed by atoms with Crippen LogP contribution >= 0.6 is 0 Å². The van der Waals surface area contributed by atoms with Crippen LogP contribution in [0.4, 0.5) is 5.82 Å². The molecule has 0 saturated carbocycles. The standard InChI is InChI=1S/C11H12N4/c1-7-9-11(14(2)10(7)12)15-6-4-3-5-8(15)13-9/h3-6H,12H2,1-2H3. The molecule has 0 spiro atoms. The van der Waals surface area contributed by atoms with Gasteiger partial charge in [0.05, 0.1) is 0 Å². The summed E-state index contributed by atoms with van der Waals surface area (Å²) >= 11 is 0. The van der Waals surface area contributed by atoms with E-state index < -0.39 is 0 Å². The van der Waals surface area contributed by atoms with Crippen molar-refractivity contribution >= 4 is 22.6 Å². The second-order valence-electron chi connectivity index (χ2n) is 3.78. The third-order valence-corrected chi connectivity index (χ3v) is 2.92. The van der Waals surface area contributed by atoms with Crippen LogP contribution in [0.15, 0.2) is 24.4 Å². The normalized spacial score (nSPS) is 11.6. The van der Waals surface area contributed by atoms with Gasteiger partial charge in [-0.05, 0) is 19.1 Å². The molecule has 15 heavy (non-hydrogen) atoms. The molecule has 0 unspecified atom stereocenters. The van der Waals surface area contributed by atoms with Crippen molar-refractivity contribution < 1.29 is 0 Å². The largest absolute Gasteiger partial charge is 0.385 e. The Morgan fingerprint density at radius 2 is 2.13 bits per heavy atom. The molecule has 3 rings (SSSR count). The maximum absolute atomic E-state index is 5.96. The summed E-state index contributed by atoms with van der Waals surface area (Å²) in [5, 5.41) is 0. The minimum absolute atomic E-state index is 0.783. The maximum Gasteiger partial charge on any atom is 0.146 e. The molecule has 0 aliphatic heterocycles. The number of fused-ring (bicyclic) bond motifs is 3. The van der Waals surface area contributed by atoms with E-state index in [1.54, 1.807) is 0 Å². The van der Waals surface area contributed by atoms with E-state index in [1.807, 2.05) is 42.9 Å².